The third kappa shape index (κ3) is 3.98. The predicted molar refractivity (Wildman–Crippen MR) is 93.6 cm³/mol. The highest BCUT2D eigenvalue weighted by Crippen LogP contribution is 2.23. The summed E-state index contributed by atoms with van der Waals surface area (Å²) in [4.78, 5) is 21.1. The fourth-order valence-corrected chi connectivity index (χ4v) is 3.72. The van der Waals surface area contributed by atoms with E-state index in [0.717, 1.165) is 37.4 Å². The molecule has 5 heteroatoms. The highest BCUT2D eigenvalue weighted by atomic mass is 32.1. The number of nitrogens with zero attached hydrogens (tertiary/aromatic N) is 3. The third-order valence-corrected chi connectivity index (χ3v) is 5.27. The van der Waals surface area contributed by atoms with E-state index in [2.05, 4.69) is 33.6 Å². The number of rotatable bonds is 4. The average molecular weight is 329 g/mol. The number of hydrogen-bond donors (Lipinski definition) is 0. The van der Waals surface area contributed by atoms with E-state index in [-0.39, 0.29) is 5.91 Å². The zero-order chi connectivity index (χ0) is 16.2. The van der Waals surface area contributed by atoms with Crippen LogP contribution in [0.4, 0.5) is 0 Å². The lowest BCUT2D eigenvalue weighted by atomic mass is 10.1. The molecule has 0 unspecified atom stereocenters. The second-order valence-corrected chi connectivity index (χ2v) is 6.91. The second kappa shape index (κ2) is 7.23. The van der Waals surface area contributed by atoms with Crippen molar-refractivity contribution in [1.29, 1.82) is 0 Å². The molecule has 1 amide bonds. The van der Waals surface area contributed by atoms with Crippen molar-refractivity contribution in [3.05, 3.63) is 52.0 Å². The Balaban J connectivity index is 1.52. The van der Waals surface area contributed by atoms with Gasteiger partial charge in [0, 0.05) is 44.1 Å². The van der Waals surface area contributed by atoms with Gasteiger partial charge in [-0.1, -0.05) is 6.07 Å². The van der Waals surface area contributed by atoms with E-state index in [4.69, 9.17) is 0 Å². The number of aromatic nitrogens is 1. The normalized spacial score (nSPS) is 17.2. The molecule has 1 fully saturated rings. The number of thiophene rings is 1. The Hall–Kier alpha value is -1.72. The van der Waals surface area contributed by atoms with Crippen molar-refractivity contribution in [2.24, 2.45) is 0 Å². The van der Waals surface area contributed by atoms with E-state index in [1.54, 1.807) is 11.3 Å². The van der Waals surface area contributed by atoms with Gasteiger partial charge >= 0.3 is 0 Å². The van der Waals surface area contributed by atoms with E-state index >= 15 is 0 Å². The first-order valence-corrected chi connectivity index (χ1v) is 9.03. The molecule has 0 saturated carbocycles. The molecule has 3 heterocycles. The van der Waals surface area contributed by atoms with Crippen LogP contribution in [-0.2, 0) is 11.2 Å². The van der Waals surface area contributed by atoms with Crippen LogP contribution >= 0.6 is 11.3 Å². The van der Waals surface area contributed by atoms with Crippen LogP contribution in [0.2, 0.25) is 0 Å². The van der Waals surface area contributed by atoms with Crippen LogP contribution in [0.1, 0.15) is 29.8 Å². The quantitative estimate of drug-likeness (QED) is 0.865. The van der Waals surface area contributed by atoms with Crippen LogP contribution in [0.5, 0.6) is 0 Å². The molecule has 2 aromatic heterocycles. The summed E-state index contributed by atoms with van der Waals surface area (Å²) in [5.41, 5.74) is 3.35. The molecule has 0 aromatic carbocycles. The highest BCUT2D eigenvalue weighted by Gasteiger charge is 2.24. The molecule has 0 bridgehead atoms. The van der Waals surface area contributed by atoms with E-state index in [9.17, 15) is 4.79 Å². The van der Waals surface area contributed by atoms with Crippen molar-refractivity contribution in [3.8, 4) is 0 Å². The van der Waals surface area contributed by atoms with Gasteiger partial charge in [0.15, 0.2) is 0 Å². The van der Waals surface area contributed by atoms with E-state index < -0.39 is 0 Å². The zero-order valence-electron chi connectivity index (χ0n) is 13.7. The van der Waals surface area contributed by atoms with Crippen LogP contribution in [0.15, 0.2) is 35.2 Å². The van der Waals surface area contributed by atoms with Crippen molar-refractivity contribution < 1.29 is 4.79 Å². The van der Waals surface area contributed by atoms with Gasteiger partial charge in [0.25, 0.3) is 0 Å². The van der Waals surface area contributed by atoms with Crippen molar-refractivity contribution >= 4 is 17.2 Å². The molecule has 2 aromatic rings. The Morgan fingerprint density at radius 1 is 1.26 bits per heavy atom. The van der Waals surface area contributed by atoms with Gasteiger partial charge in [-0.25, -0.2) is 0 Å². The minimum atomic E-state index is 0.207. The summed E-state index contributed by atoms with van der Waals surface area (Å²) in [5.74, 6) is 0.207. The van der Waals surface area contributed by atoms with E-state index in [1.807, 2.05) is 30.2 Å². The summed E-state index contributed by atoms with van der Waals surface area (Å²) in [6.07, 6.45) is 2.26. The maximum Gasteiger partial charge on any atom is 0.227 e. The Morgan fingerprint density at radius 3 is 2.65 bits per heavy atom. The SMILES string of the molecule is Cc1ccc(CC(=O)N2CCN([C@@H](C)c3ccsc3)CC2)cn1. The van der Waals surface area contributed by atoms with E-state index in [1.165, 1.54) is 5.56 Å². The average Bonchev–Trinajstić information content (AvgIpc) is 3.11. The molecule has 0 aliphatic carbocycles. The minimum absolute atomic E-state index is 0.207. The number of aryl methyl sites for hydroxylation is 1. The summed E-state index contributed by atoms with van der Waals surface area (Å²) in [6, 6.07) is 6.58. The lowest BCUT2D eigenvalue weighted by Gasteiger charge is -2.38. The van der Waals surface area contributed by atoms with Crippen LogP contribution < -0.4 is 0 Å². The van der Waals surface area contributed by atoms with Crippen LogP contribution in [0.3, 0.4) is 0 Å². The van der Waals surface area contributed by atoms with Gasteiger partial charge in [-0.05, 0) is 47.9 Å². The maximum absolute atomic E-state index is 12.4. The summed E-state index contributed by atoms with van der Waals surface area (Å²) in [6.45, 7) is 7.71. The lowest BCUT2D eigenvalue weighted by Crippen LogP contribution is -2.49. The summed E-state index contributed by atoms with van der Waals surface area (Å²) < 4.78 is 0. The van der Waals surface area contributed by atoms with E-state index in [0.29, 0.717) is 12.5 Å². The molecule has 4 nitrogen and oxygen atoms in total. The topological polar surface area (TPSA) is 36.4 Å². The van der Waals surface area contributed by atoms with Crippen LogP contribution in [0, 0.1) is 6.92 Å². The van der Waals surface area contributed by atoms with Gasteiger partial charge in [-0.15, -0.1) is 0 Å². The molecule has 0 N–H and O–H groups in total. The summed E-state index contributed by atoms with van der Waals surface area (Å²) in [5, 5.41) is 4.34. The van der Waals surface area contributed by atoms with Crippen molar-refractivity contribution in [2.75, 3.05) is 26.2 Å². The van der Waals surface area contributed by atoms with Crippen molar-refractivity contribution in [1.82, 2.24) is 14.8 Å². The Bertz CT molecular complexity index is 631. The van der Waals surface area contributed by atoms with Gasteiger partial charge in [0.05, 0.1) is 6.42 Å². The first-order chi connectivity index (χ1) is 11.1. The fourth-order valence-electron chi connectivity index (χ4n) is 2.97. The number of hydrogen-bond acceptors (Lipinski definition) is 4. The summed E-state index contributed by atoms with van der Waals surface area (Å²) >= 11 is 1.74. The predicted octanol–water partition coefficient (Wildman–Crippen LogP) is 2.90. The molecule has 122 valence electrons. The monoisotopic (exact) mass is 329 g/mol. The largest absolute Gasteiger partial charge is 0.340 e. The van der Waals surface area contributed by atoms with Gasteiger partial charge in [-0.2, -0.15) is 11.3 Å². The van der Waals surface area contributed by atoms with Gasteiger partial charge in [0.1, 0.15) is 0 Å². The first-order valence-electron chi connectivity index (χ1n) is 8.09. The number of piperazine rings is 1. The second-order valence-electron chi connectivity index (χ2n) is 6.13. The molecule has 0 spiro atoms. The lowest BCUT2D eigenvalue weighted by molar-refractivity contribution is -0.132. The molecule has 23 heavy (non-hydrogen) atoms. The number of pyridine rings is 1. The van der Waals surface area contributed by atoms with Gasteiger partial charge < -0.3 is 4.90 Å². The highest BCUT2D eigenvalue weighted by molar-refractivity contribution is 7.07. The molecule has 1 aliphatic heterocycles. The fraction of sp³-hybridized carbons (Fsp3) is 0.444. The molecule has 1 saturated heterocycles. The molecule has 3 rings (SSSR count). The van der Waals surface area contributed by atoms with Crippen LogP contribution in [0.25, 0.3) is 0 Å². The van der Waals surface area contributed by atoms with Crippen LogP contribution in [-0.4, -0.2) is 46.9 Å². The van der Waals surface area contributed by atoms with Gasteiger partial charge in [0.2, 0.25) is 5.91 Å². The standard InChI is InChI=1S/C18H23N3OS/c1-14-3-4-16(12-19-14)11-18(22)21-8-6-20(7-9-21)15(2)17-5-10-23-13-17/h3-5,10,12-13,15H,6-9,11H2,1-2H3/t15-/m0/s1. The van der Waals surface area contributed by atoms with Crippen molar-refractivity contribution in [2.45, 2.75) is 26.3 Å². The van der Waals surface area contributed by atoms with Gasteiger partial charge in [-0.3, -0.25) is 14.7 Å². The molecule has 1 aliphatic rings. The minimum Gasteiger partial charge on any atom is -0.340 e. The van der Waals surface area contributed by atoms with Crippen molar-refractivity contribution in [3.63, 3.8) is 0 Å². The Kier molecular flexibility index (Phi) is 5.08. The Labute approximate surface area is 141 Å². The number of carbonyl (C=O) groups is 1. The molecular formula is C18H23N3OS. The third-order valence-electron chi connectivity index (χ3n) is 4.57. The molecule has 0 radical (unpaired) electrons. The molecule has 1 atom stereocenters. The maximum atomic E-state index is 12.4. The smallest absolute Gasteiger partial charge is 0.227 e. The first kappa shape index (κ1) is 16.1. The summed E-state index contributed by atoms with van der Waals surface area (Å²) in [7, 11) is 0. The zero-order valence-corrected chi connectivity index (χ0v) is 14.6. The number of carbonyl (C=O) groups excluding carboxylic acids is 1. The Morgan fingerprint density at radius 2 is 2.04 bits per heavy atom. The molecular weight excluding hydrogens is 306 g/mol. The number of amides is 1.